The van der Waals surface area contributed by atoms with Crippen LogP contribution in [-0.2, 0) is 15.7 Å². The summed E-state index contributed by atoms with van der Waals surface area (Å²) >= 11 is 0. The zero-order chi connectivity index (χ0) is 14.9. The number of rotatable bonds is 3. The van der Waals surface area contributed by atoms with Crippen molar-refractivity contribution in [3.05, 3.63) is 47.6 Å². The quantitative estimate of drug-likeness (QED) is 0.938. The highest BCUT2D eigenvalue weighted by molar-refractivity contribution is 5.33. The smallest absolute Gasteiger partial charge is 0.246 e. The Labute approximate surface area is 124 Å². The number of nitrogens with zero attached hydrogens (tertiary/aromatic N) is 2. The molecule has 1 aliphatic heterocycles. The van der Waals surface area contributed by atoms with E-state index in [0.29, 0.717) is 24.9 Å². The summed E-state index contributed by atoms with van der Waals surface area (Å²) in [5.41, 5.74) is 6.39. The van der Waals surface area contributed by atoms with Gasteiger partial charge in [-0.3, -0.25) is 0 Å². The van der Waals surface area contributed by atoms with Crippen LogP contribution in [0.5, 0.6) is 0 Å². The molecular formula is C16H21N3O2. The minimum Gasteiger partial charge on any atom is -0.381 e. The van der Waals surface area contributed by atoms with Gasteiger partial charge in [-0.15, -0.1) is 0 Å². The highest BCUT2D eigenvalue weighted by atomic mass is 16.5. The standard InChI is InChI=1S/C16H21N3O2/c1-15(2,17)14-18-13(19-21-14)16(8-10-20-11-9-16)12-6-4-3-5-7-12/h3-7H,8-11,17H2,1-2H3. The monoisotopic (exact) mass is 287 g/mol. The lowest BCUT2D eigenvalue weighted by molar-refractivity contribution is 0.0597. The number of aromatic nitrogens is 2. The van der Waals surface area contributed by atoms with Crippen LogP contribution in [0.25, 0.3) is 0 Å². The predicted molar refractivity (Wildman–Crippen MR) is 78.8 cm³/mol. The van der Waals surface area contributed by atoms with Crippen LogP contribution in [-0.4, -0.2) is 23.4 Å². The van der Waals surface area contributed by atoms with Crippen LogP contribution in [0.1, 0.15) is 44.0 Å². The van der Waals surface area contributed by atoms with E-state index in [2.05, 4.69) is 22.3 Å². The van der Waals surface area contributed by atoms with Gasteiger partial charge in [0.1, 0.15) is 0 Å². The molecule has 0 unspecified atom stereocenters. The first-order valence-corrected chi connectivity index (χ1v) is 7.29. The van der Waals surface area contributed by atoms with Crippen molar-refractivity contribution in [1.29, 1.82) is 0 Å². The molecule has 0 aliphatic carbocycles. The second-order valence-corrected chi connectivity index (χ2v) is 6.21. The molecule has 0 atom stereocenters. The molecule has 0 saturated carbocycles. The molecule has 2 aromatic rings. The van der Waals surface area contributed by atoms with E-state index in [0.717, 1.165) is 12.8 Å². The van der Waals surface area contributed by atoms with E-state index in [9.17, 15) is 0 Å². The SMILES string of the molecule is CC(C)(N)c1nc(C2(c3ccccc3)CCOCC2)no1. The molecule has 0 radical (unpaired) electrons. The van der Waals surface area contributed by atoms with Crippen LogP contribution in [0, 0.1) is 0 Å². The summed E-state index contributed by atoms with van der Waals surface area (Å²) in [5.74, 6) is 1.19. The summed E-state index contributed by atoms with van der Waals surface area (Å²) < 4.78 is 10.9. The molecule has 112 valence electrons. The fourth-order valence-corrected chi connectivity index (χ4v) is 2.80. The molecule has 1 aromatic heterocycles. The highest BCUT2D eigenvalue weighted by Gasteiger charge is 2.41. The van der Waals surface area contributed by atoms with Gasteiger partial charge in [0.05, 0.1) is 11.0 Å². The van der Waals surface area contributed by atoms with Gasteiger partial charge in [0, 0.05) is 13.2 Å². The van der Waals surface area contributed by atoms with Crippen LogP contribution in [0.15, 0.2) is 34.9 Å². The van der Waals surface area contributed by atoms with Gasteiger partial charge in [-0.1, -0.05) is 35.5 Å². The minimum absolute atomic E-state index is 0.244. The van der Waals surface area contributed by atoms with Crippen LogP contribution < -0.4 is 5.73 Å². The maximum absolute atomic E-state index is 6.06. The van der Waals surface area contributed by atoms with Crippen LogP contribution >= 0.6 is 0 Å². The molecule has 2 N–H and O–H groups in total. The van der Waals surface area contributed by atoms with Crippen molar-refractivity contribution in [3.63, 3.8) is 0 Å². The van der Waals surface area contributed by atoms with Crippen molar-refractivity contribution in [2.45, 2.75) is 37.6 Å². The number of nitrogens with two attached hydrogens (primary N) is 1. The molecule has 1 aliphatic rings. The lowest BCUT2D eigenvalue weighted by atomic mass is 9.73. The van der Waals surface area contributed by atoms with Gasteiger partial charge < -0.3 is 15.0 Å². The van der Waals surface area contributed by atoms with Crippen molar-refractivity contribution in [2.75, 3.05) is 13.2 Å². The molecule has 5 nitrogen and oxygen atoms in total. The second kappa shape index (κ2) is 5.24. The Morgan fingerprint density at radius 3 is 2.38 bits per heavy atom. The number of ether oxygens (including phenoxy) is 1. The Morgan fingerprint density at radius 2 is 1.81 bits per heavy atom. The first-order valence-electron chi connectivity index (χ1n) is 7.29. The van der Waals surface area contributed by atoms with Gasteiger partial charge in [-0.25, -0.2) is 0 Å². The molecule has 21 heavy (non-hydrogen) atoms. The third kappa shape index (κ3) is 2.59. The van der Waals surface area contributed by atoms with Gasteiger partial charge in [0.2, 0.25) is 5.89 Å². The van der Waals surface area contributed by atoms with E-state index >= 15 is 0 Å². The Hall–Kier alpha value is -1.72. The Bertz CT molecular complexity index is 595. The average Bonchev–Trinajstić information content (AvgIpc) is 2.99. The van der Waals surface area contributed by atoms with E-state index in [1.807, 2.05) is 32.0 Å². The minimum atomic E-state index is -0.631. The topological polar surface area (TPSA) is 74.2 Å². The molecule has 1 fully saturated rings. The van der Waals surface area contributed by atoms with E-state index in [4.69, 9.17) is 15.0 Å². The predicted octanol–water partition coefficient (Wildman–Crippen LogP) is 2.36. The highest BCUT2D eigenvalue weighted by Crippen LogP contribution is 2.40. The van der Waals surface area contributed by atoms with Gasteiger partial charge in [-0.05, 0) is 32.3 Å². The Morgan fingerprint density at radius 1 is 1.14 bits per heavy atom. The van der Waals surface area contributed by atoms with Crippen molar-refractivity contribution in [3.8, 4) is 0 Å². The molecule has 0 bridgehead atoms. The molecule has 0 spiro atoms. The fourth-order valence-electron chi connectivity index (χ4n) is 2.80. The van der Waals surface area contributed by atoms with Crippen LogP contribution in [0.3, 0.4) is 0 Å². The summed E-state index contributed by atoms with van der Waals surface area (Å²) in [6.45, 7) is 5.13. The molecule has 0 amide bonds. The molecule has 1 saturated heterocycles. The van der Waals surface area contributed by atoms with Crippen molar-refractivity contribution in [1.82, 2.24) is 10.1 Å². The maximum Gasteiger partial charge on any atom is 0.246 e. The first-order chi connectivity index (χ1) is 10.0. The average molecular weight is 287 g/mol. The third-order valence-corrected chi connectivity index (χ3v) is 4.08. The van der Waals surface area contributed by atoms with Crippen LogP contribution in [0.4, 0.5) is 0 Å². The van der Waals surface area contributed by atoms with Gasteiger partial charge >= 0.3 is 0 Å². The largest absolute Gasteiger partial charge is 0.381 e. The van der Waals surface area contributed by atoms with Gasteiger partial charge in [0.25, 0.3) is 0 Å². The van der Waals surface area contributed by atoms with Crippen LogP contribution in [0.2, 0.25) is 0 Å². The summed E-state index contributed by atoms with van der Waals surface area (Å²) in [5, 5.41) is 4.23. The van der Waals surface area contributed by atoms with E-state index < -0.39 is 5.54 Å². The lowest BCUT2D eigenvalue weighted by Gasteiger charge is -2.34. The number of hydrogen-bond donors (Lipinski definition) is 1. The molecule has 2 heterocycles. The lowest BCUT2D eigenvalue weighted by Crippen LogP contribution is -2.36. The summed E-state index contributed by atoms with van der Waals surface area (Å²) in [6.07, 6.45) is 1.70. The number of hydrogen-bond acceptors (Lipinski definition) is 5. The van der Waals surface area contributed by atoms with E-state index in [1.54, 1.807) is 0 Å². The third-order valence-electron chi connectivity index (χ3n) is 4.08. The number of benzene rings is 1. The Kier molecular flexibility index (Phi) is 3.55. The molecular weight excluding hydrogens is 266 g/mol. The van der Waals surface area contributed by atoms with Crippen molar-refractivity contribution < 1.29 is 9.26 Å². The second-order valence-electron chi connectivity index (χ2n) is 6.21. The zero-order valence-electron chi connectivity index (χ0n) is 12.5. The van der Waals surface area contributed by atoms with E-state index in [1.165, 1.54) is 5.56 Å². The maximum atomic E-state index is 6.06. The molecule has 5 heteroatoms. The molecule has 3 rings (SSSR count). The summed E-state index contributed by atoms with van der Waals surface area (Å²) in [7, 11) is 0. The molecule has 1 aromatic carbocycles. The zero-order valence-corrected chi connectivity index (χ0v) is 12.5. The van der Waals surface area contributed by atoms with Gasteiger partial charge in [-0.2, -0.15) is 4.98 Å². The first kappa shape index (κ1) is 14.2. The summed E-state index contributed by atoms with van der Waals surface area (Å²) in [6, 6.07) is 10.3. The normalized spacial score (nSPS) is 18.6. The van der Waals surface area contributed by atoms with E-state index in [-0.39, 0.29) is 5.41 Å². The summed E-state index contributed by atoms with van der Waals surface area (Å²) in [4.78, 5) is 4.60. The van der Waals surface area contributed by atoms with Crippen molar-refractivity contribution in [2.24, 2.45) is 5.73 Å². The van der Waals surface area contributed by atoms with Crippen molar-refractivity contribution >= 4 is 0 Å². The fraction of sp³-hybridized carbons (Fsp3) is 0.500. The van der Waals surface area contributed by atoms with Gasteiger partial charge in [0.15, 0.2) is 5.82 Å². The Balaban J connectivity index is 2.06.